The molecule has 4 aliphatic rings. The molecule has 1 aromatic rings. The zero-order chi connectivity index (χ0) is 22.9. The molecule has 2 aliphatic carbocycles. The molecule has 0 radical (unpaired) electrons. The van der Waals surface area contributed by atoms with Crippen LogP contribution >= 0.6 is 0 Å². The second kappa shape index (κ2) is 7.25. The number of ether oxygens (including phenoxy) is 4. The zero-order valence-corrected chi connectivity index (χ0v) is 18.5. The Kier molecular flexibility index (Phi) is 4.94. The zero-order valence-electron chi connectivity index (χ0n) is 18.5. The lowest BCUT2D eigenvalue weighted by molar-refractivity contribution is -0.297. The van der Waals surface area contributed by atoms with E-state index < -0.39 is 58.9 Å². The number of benzene rings is 1. The molecular weight excluding hydrogens is 416 g/mol. The van der Waals surface area contributed by atoms with Gasteiger partial charge in [0.05, 0.1) is 35.9 Å². The third-order valence-electron chi connectivity index (χ3n) is 8.50. The van der Waals surface area contributed by atoms with Crippen LogP contribution in [0.15, 0.2) is 30.3 Å². The first kappa shape index (κ1) is 21.8. The number of rotatable bonds is 4. The molecule has 2 aliphatic heterocycles. The fourth-order valence-electron chi connectivity index (χ4n) is 6.66. The van der Waals surface area contributed by atoms with Crippen molar-refractivity contribution in [3.63, 3.8) is 0 Å². The van der Waals surface area contributed by atoms with Crippen molar-refractivity contribution in [2.24, 2.45) is 16.7 Å². The maximum atomic E-state index is 12.8. The van der Waals surface area contributed by atoms with Gasteiger partial charge in [0.25, 0.3) is 0 Å². The molecule has 2 bridgehead atoms. The summed E-state index contributed by atoms with van der Waals surface area (Å²) < 4.78 is 23.9. The maximum Gasteiger partial charge on any atom is 0.338 e. The van der Waals surface area contributed by atoms with Gasteiger partial charge in [-0.2, -0.15) is 0 Å². The van der Waals surface area contributed by atoms with E-state index >= 15 is 0 Å². The Hall–Kier alpha value is -2.00. The summed E-state index contributed by atoms with van der Waals surface area (Å²) in [4.78, 5) is 24.6. The van der Waals surface area contributed by atoms with Gasteiger partial charge in [-0.3, -0.25) is 4.79 Å². The van der Waals surface area contributed by atoms with E-state index in [0.29, 0.717) is 25.0 Å². The topological polar surface area (TPSA) is 115 Å². The Morgan fingerprint density at radius 2 is 1.91 bits per heavy atom. The lowest BCUT2D eigenvalue weighted by Crippen LogP contribution is -2.73. The summed E-state index contributed by atoms with van der Waals surface area (Å²) in [5.41, 5.74) is -2.22. The average Bonchev–Trinajstić information content (AvgIpc) is 3.53. The molecule has 8 heteroatoms. The number of aliphatic hydroxyl groups excluding tert-OH is 2. The van der Waals surface area contributed by atoms with Crippen molar-refractivity contribution < 1.29 is 38.7 Å². The maximum absolute atomic E-state index is 12.8. The summed E-state index contributed by atoms with van der Waals surface area (Å²) in [5.74, 6) is -1.13. The van der Waals surface area contributed by atoms with Crippen LogP contribution in [0.25, 0.3) is 0 Å². The van der Waals surface area contributed by atoms with E-state index in [1.54, 1.807) is 24.3 Å². The third kappa shape index (κ3) is 2.76. The highest BCUT2D eigenvalue weighted by atomic mass is 16.7. The van der Waals surface area contributed by atoms with Crippen LogP contribution in [0.2, 0.25) is 0 Å². The molecule has 2 saturated carbocycles. The molecule has 2 N–H and O–H groups in total. The number of hydrogen-bond acceptors (Lipinski definition) is 8. The molecule has 0 amide bonds. The minimum absolute atomic E-state index is 0.141. The van der Waals surface area contributed by atoms with Gasteiger partial charge in [0.15, 0.2) is 0 Å². The summed E-state index contributed by atoms with van der Waals surface area (Å²) in [6.45, 7) is 5.45. The molecule has 5 rings (SSSR count). The van der Waals surface area contributed by atoms with Crippen LogP contribution < -0.4 is 0 Å². The number of carbonyl (C=O) groups is 2. The number of aliphatic hydroxyl groups is 2. The Morgan fingerprint density at radius 1 is 1.22 bits per heavy atom. The van der Waals surface area contributed by atoms with E-state index in [1.807, 2.05) is 19.9 Å². The molecule has 1 aromatic carbocycles. The summed E-state index contributed by atoms with van der Waals surface area (Å²) in [7, 11) is 0. The van der Waals surface area contributed by atoms with Gasteiger partial charge in [-0.1, -0.05) is 32.0 Å². The minimum atomic E-state index is -1.21. The van der Waals surface area contributed by atoms with E-state index in [0.717, 1.165) is 0 Å². The molecule has 32 heavy (non-hydrogen) atoms. The molecule has 8 nitrogen and oxygen atoms in total. The SMILES string of the molecule is CC(=O)O[C@@H]1C[C@@]2(C)C3(CO3)C1O[C@@H]1C[C@@H](C)[C@@H](O)[C@@H](O)[C@@]12COC(=O)c1ccccc1. The standard InChI is InChI=1S/C24H30O8/c1-13-9-17-23(19(27)18(13)26,11-29-21(28)15-7-5-4-6-8-15)22(3)10-16(31-14(2)25)20(32-17)24(22)12-30-24/h4-8,13,16-20,26-27H,9-12H2,1-3H3/t13-,16-,17-,18-,19-,20?,22-,23-,24?/m1/s1. The van der Waals surface area contributed by atoms with E-state index in [9.17, 15) is 19.8 Å². The summed E-state index contributed by atoms with van der Waals surface area (Å²) in [6, 6.07) is 8.65. The molecule has 2 unspecified atom stereocenters. The first-order chi connectivity index (χ1) is 15.2. The fraction of sp³-hybridized carbons (Fsp3) is 0.667. The summed E-state index contributed by atoms with van der Waals surface area (Å²) in [6.07, 6.45) is -2.85. The first-order valence-corrected chi connectivity index (χ1v) is 11.2. The normalized spacial score (nSPS) is 46.4. The smallest absolute Gasteiger partial charge is 0.338 e. The van der Waals surface area contributed by atoms with Gasteiger partial charge < -0.3 is 29.2 Å². The Balaban J connectivity index is 1.54. The number of fused-ring (bicyclic) bond motifs is 2. The van der Waals surface area contributed by atoms with Crippen molar-refractivity contribution in [2.75, 3.05) is 13.2 Å². The molecule has 1 spiro atoms. The van der Waals surface area contributed by atoms with Crippen molar-refractivity contribution in [3.05, 3.63) is 35.9 Å². The molecule has 9 atom stereocenters. The highest BCUT2D eigenvalue weighted by Crippen LogP contribution is 2.72. The largest absolute Gasteiger partial charge is 0.461 e. The average molecular weight is 446 g/mol. The Morgan fingerprint density at radius 3 is 2.53 bits per heavy atom. The number of esters is 2. The van der Waals surface area contributed by atoms with Crippen LogP contribution in [0.4, 0.5) is 0 Å². The van der Waals surface area contributed by atoms with Gasteiger partial charge in [0.2, 0.25) is 0 Å². The number of epoxide rings is 1. The van der Waals surface area contributed by atoms with Crippen LogP contribution in [0.5, 0.6) is 0 Å². The summed E-state index contributed by atoms with van der Waals surface area (Å²) >= 11 is 0. The monoisotopic (exact) mass is 446 g/mol. The second-order valence-corrected chi connectivity index (χ2v) is 10.0. The van der Waals surface area contributed by atoms with Gasteiger partial charge in [-0.15, -0.1) is 0 Å². The second-order valence-electron chi connectivity index (χ2n) is 10.0. The number of hydrogen-bond donors (Lipinski definition) is 2. The van der Waals surface area contributed by atoms with E-state index in [-0.39, 0.29) is 12.5 Å². The van der Waals surface area contributed by atoms with Gasteiger partial charge in [0, 0.05) is 12.3 Å². The Bertz CT molecular complexity index is 914. The van der Waals surface area contributed by atoms with Gasteiger partial charge in [-0.05, 0) is 30.9 Å². The minimum Gasteiger partial charge on any atom is -0.461 e. The van der Waals surface area contributed by atoms with Crippen molar-refractivity contribution in [1.29, 1.82) is 0 Å². The molecule has 0 aromatic heterocycles. The van der Waals surface area contributed by atoms with Gasteiger partial charge in [-0.25, -0.2) is 4.79 Å². The highest BCUT2D eigenvalue weighted by Gasteiger charge is 2.84. The van der Waals surface area contributed by atoms with Gasteiger partial charge >= 0.3 is 11.9 Å². The van der Waals surface area contributed by atoms with Crippen LogP contribution in [-0.2, 0) is 23.7 Å². The Labute approximate surface area is 186 Å². The predicted molar refractivity (Wildman–Crippen MR) is 111 cm³/mol. The number of carbonyl (C=O) groups excluding carboxylic acids is 2. The lowest BCUT2D eigenvalue weighted by Gasteiger charge is -2.61. The molecule has 2 saturated heterocycles. The molecule has 174 valence electrons. The summed E-state index contributed by atoms with van der Waals surface area (Å²) in [5, 5.41) is 22.4. The van der Waals surface area contributed by atoms with Gasteiger partial charge in [0.1, 0.15) is 24.4 Å². The van der Waals surface area contributed by atoms with E-state index in [4.69, 9.17) is 18.9 Å². The molecule has 2 heterocycles. The van der Waals surface area contributed by atoms with Crippen molar-refractivity contribution in [3.8, 4) is 0 Å². The van der Waals surface area contributed by atoms with Crippen LogP contribution in [0, 0.1) is 16.7 Å². The van der Waals surface area contributed by atoms with Crippen LogP contribution in [-0.4, -0.2) is 71.5 Å². The van der Waals surface area contributed by atoms with E-state index in [1.165, 1.54) is 6.92 Å². The van der Waals surface area contributed by atoms with E-state index in [2.05, 4.69) is 0 Å². The molecule has 4 fully saturated rings. The first-order valence-electron chi connectivity index (χ1n) is 11.2. The molecular formula is C24H30O8. The predicted octanol–water partition coefficient (Wildman–Crippen LogP) is 1.47. The van der Waals surface area contributed by atoms with Crippen molar-refractivity contribution in [1.82, 2.24) is 0 Å². The van der Waals surface area contributed by atoms with Crippen molar-refractivity contribution >= 4 is 11.9 Å². The highest BCUT2D eigenvalue weighted by molar-refractivity contribution is 5.89. The van der Waals surface area contributed by atoms with Crippen molar-refractivity contribution in [2.45, 2.75) is 69.7 Å². The lowest BCUT2D eigenvalue weighted by atomic mass is 9.49. The third-order valence-corrected chi connectivity index (χ3v) is 8.50. The quantitative estimate of drug-likeness (QED) is 0.528. The van der Waals surface area contributed by atoms with Crippen LogP contribution in [0.3, 0.4) is 0 Å². The fourth-order valence-corrected chi connectivity index (χ4v) is 6.66. The van der Waals surface area contributed by atoms with Crippen LogP contribution in [0.1, 0.15) is 44.0 Å².